The van der Waals surface area contributed by atoms with Crippen LogP contribution in [-0.4, -0.2) is 21.7 Å². The molecule has 0 radical (unpaired) electrons. The molecule has 130 valence electrons. The zero-order valence-electron chi connectivity index (χ0n) is 14.8. The molecule has 1 N–H and O–H groups in total. The van der Waals surface area contributed by atoms with Gasteiger partial charge in [-0.05, 0) is 35.6 Å². The van der Waals surface area contributed by atoms with E-state index < -0.39 is 0 Å². The molecule has 0 aliphatic heterocycles. The topological polar surface area (TPSA) is 45.8 Å². The minimum atomic E-state index is 0.0409. The van der Waals surface area contributed by atoms with E-state index in [1.807, 2.05) is 24.0 Å². The van der Waals surface area contributed by atoms with Crippen molar-refractivity contribution in [2.75, 3.05) is 5.75 Å². The molecule has 0 spiro atoms. The Morgan fingerprint density at radius 3 is 2.83 bits per heavy atom. The molecule has 0 atom stereocenters. The highest BCUT2D eigenvalue weighted by atomic mass is 32.2. The van der Waals surface area contributed by atoms with Crippen LogP contribution in [0.25, 0.3) is 10.6 Å². The largest absolute Gasteiger partial charge is 0.294 e. The lowest BCUT2D eigenvalue weighted by atomic mass is 9.74. The second-order valence-electron chi connectivity index (χ2n) is 7.38. The third-order valence-electron chi connectivity index (χ3n) is 4.51. The second kappa shape index (κ2) is 7.44. The minimum absolute atomic E-state index is 0.0409. The van der Waals surface area contributed by atoms with Gasteiger partial charge in [-0.3, -0.25) is 9.89 Å². The maximum absolute atomic E-state index is 12.8. The number of aromatic nitrogens is 2. The normalized spacial score (nSPS) is 16.4. The summed E-state index contributed by atoms with van der Waals surface area (Å²) in [4.78, 5) is 14.0. The van der Waals surface area contributed by atoms with Gasteiger partial charge in [0, 0.05) is 18.2 Å². The summed E-state index contributed by atoms with van der Waals surface area (Å²) in [7, 11) is 0. The summed E-state index contributed by atoms with van der Waals surface area (Å²) in [6.45, 7) is 6.62. The molecule has 0 aromatic carbocycles. The lowest BCUT2D eigenvalue weighted by molar-refractivity contribution is 0.0910. The van der Waals surface area contributed by atoms with E-state index in [9.17, 15) is 4.79 Å². The van der Waals surface area contributed by atoms with E-state index in [0.29, 0.717) is 12.2 Å². The number of Topliss-reactive ketones (excluding diaryl/α,β-unsaturated/α-hetero) is 1. The summed E-state index contributed by atoms with van der Waals surface area (Å²) in [5, 5.41) is 7.27. The Bertz CT molecular complexity index is 701. The number of ketones is 1. The van der Waals surface area contributed by atoms with Crippen molar-refractivity contribution in [3.8, 4) is 10.6 Å². The van der Waals surface area contributed by atoms with E-state index in [0.717, 1.165) is 23.4 Å². The van der Waals surface area contributed by atoms with Crippen LogP contribution in [0.5, 0.6) is 0 Å². The van der Waals surface area contributed by atoms with Crippen LogP contribution in [0.3, 0.4) is 0 Å². The summed E-state index contributed by atoms with van der Waals surface area (Å²) >= 11 is 3.63. The maximum Gasteiger partial charge on any atom is 0.165 e. The van der Waals surface area contributed by atoms with Crippen molar-refractivity contribution in [3.63, 3.8) is 0 Å². The van der Waals surface area contributed by atoms with Crippen molar-refractivity contribution in [1.29, 1.82) is 0 Å². The number of hydrogen-bond acceptors (Lipinski definition) is 4. The number of fused-ring (bicyclic) bond motifs is 1. The molecule has 0 saturated carbocycles. The summed E-state index contributed by atoms with van der Waals surface area (Å²) in [6.07, 6.45) is 8.54. The maximum atomic E-state index is 12.8. The first-order chi connectivity index (χ1) is 11.5. The van der Waals surface area contributed by atoms with Gasteiger partial charge >= 0.3 is 0 Å². The Balaban J connectivity index is 1.89. The molecule has 0 amide bonds. The zero-order chi connectivity index (χ0) is 17.2. The fourth-order valence-corrected chi connectivity index (χ4v) is 6.04. The first kappa shape index (κ1) is 17.7. The predicted molar refractivity (Wildman–Crippen MR) is 103 cm³/mol. The van der Waals surface area contributed by atoms with Crippen LogP contribution in [0.2, 0.25) is 0 Å². The highest BCUT2D eigenvalue weighted by Gasteiger charge is 2.36. The molecule has 24 heavy (non-hydrogen) atoms. The van der Waals surface area contributed by atoms with Gasteiger partial charge < -0.3 is 0 Å². The molecular weight excluding hydrogens is 336 g/mol. The number of nitrogens with zero attached hydrogens (tertiary/aromatic N) is 1. The standard InChI is InChI=1S/C19H26N2OS2/c1-4-5-6-7-10-23-18-16-13(11-19(2,3)12-15(16)22)17(24-18)14-8-9-20-21-14/h8-9H,4-7,10-12H2,1-3H3,(H,20,21). The van der Waals surface area contributed by atoms with Crippen LogP contribution in [0, 0.1) is 5.41 Å². The molecule has 3 rings (SSSR count). The van der Waals surface area contributed by atoms with Gasteiger partial charge in [-0.15, -0.1) is 23.1 Å². The molecule has 2 heterocycles. The van der Waals surface area contributed by atoms with Gasteiger partial charge in [0.15, 0.2) is 5.78 Å². The third-order valence-corrected chi connectivity index (χ3v) is 7.12. The lowest BCUT2D eigenvalue weighted by Crippen LogP contribution is -2.26. The Kier molecular flexibility index (Phi) is 5.50. The van der Waals surface area contributed by atoms with E-state index in [4.69, 9.17) is 0 Å². The average molecular weight is 363 g/mol. The van der Waals surface area contributed by atoms with Crippen LogP contribution in [0.4, 0.5) is 0 Å². The zero-order valence-corrected chi connectivity index (χ0v) is 16.4. The van der Waals surface area contributed by atoms with E-state index in [-0.39, 0.29) is 5.41 Å². The van der Waals surface area contributed by atoms with E-state index in [2.05, 4.69) is 31.0 Å². The fourth-order valence-electron chi connectivity index (χ4n) is 3.35. The van der Waals surface area contributed by atoms with Crippen LogP contribution >= 0.6 is 23.1 Å². The molecule has 0 bridgehead atoms. The number of unbranched alkanes of at least 4 members (excludes halogenated alkanes) is 3. The lowest BCUT2D eigenvalue weighted by Gasteiger charge is -2.29. The van der Waals surface area contributed by atoms with Gasteiger partial charge in [0.2, 0.25) is 0 Å². The molecule has 0 fully saturated rings. The van der Waals surface area contributed by atoms with Crippen molar-refractivity contribution in [2.24, 2.45) is 5.41 Å². The third kappa shape index (κ3) is 3.77. The first-order valence-corrected chi connectivity index (χ1v) is 10.6. The number of nitrogens with one attached hydrogen (secondary N) is 1. The van der Waals surface area contributed by atoms with Gasteiger partial charge in [0.25, 0.3) is 0 Å². The van der Waals surface area contributed by atoms with E-state index >= 15 is 0 Å². The molecular formula is C19H26N2OS2. The van der Waals surface area contributed by atoms with Gasteiger partial charge in [-0.2, -0.15) is 5.10 Å². The first-order valence-electron chi connectivity index (χ1n) is 8.83. The smallest absolute Gasteiger partial charge is 0.165 e. The van der Waals surface area contributed by atoms with Crippen LogP contribution in [-0.2, 0) is 6.42 Å². The van der Waals surface area contributed by atoms with Crippen molar-refractivity contribution in [2.45, 2.75) is 63.5 Å². The minimum Gasteiger partial charge on any atom is -0.294 e. The number of hydrogen-bond donors (Lipinski definition) is 1. The Morgan fingerprint density at radius 2 is 2.12 bits per heavy atom. The van der Waals surface area contributed by atoms with Crippen molar-refractivity contribution in [1.82, 2.24) is 10.2 Å². The Labute approximate surface area is 152 Å². The number of H-pyrrole nitrogens is 1. The summed E-state index contributed by atoms with van der Waals surface area (Å²) in [6, 6.07) is 2.01. The number of thiophene rings is 1. The molecule has 1 aliphatic rings. The van der Waals surface area contributed by atoms with Crippen LogP contribution < -0.4 is 0 Å². The van der Waals surface area contributed by atoms with E-state index in [1.165, 1.54) is 40.3 Å². The summed E-state index contributed by atoms with van der Waals surface area (Å²) in [5.41, 5.74) is 3.24. The number of carbonyl (C=O) groups is 1. The Hall–Kier alpha value is -1.07. The predicted octanol–water partition coefficient (Wildman–Crippen LogP) is 5.97. The average Bonchev–Trinajstić information content (AvgIpc) is 3.13. The van der Waals surface area contributed by atoms with Gasteiger partial charge in [-0.1, -0.05) is 40.0 Å². The van der Waals surface area contributed by atoms with Crippen LogP contribution in [0.15, 0.2) is 16.5 Å². The highest BCUT2D eigenvalue weighted by molar-refractivity contribution is 8.01. The quantitative estimate of drug-likeness (QED) is 0.488. The number of thioether (sulfide) groups is 1. The fraction of sp³-hybridized carbons (Fsp3) is 0.579. The summed E-state index contributed by atoms with van der Waals surface area (Å²) < 4.78 is 1.21. The van der Waals surface area contributed by atoms with Crippen molar-refractivity contribution < 1.29 is 4.79 Å². The molecule has 1 aliphatic carbocycles. The number of aromatic amines is 1. The van der Waals surface area contributed by atoms with Gasteiger partial charge in [0.05, 0.1) is 9.09 Å². The highest BCUT2D eigenvalue weighted by Crippen LogP contribution is 2.48. The molecule has 2 aromatic heterocycles. The molecule has 5 heteroatoms. The van der Waals surface area contributed by atoms with E-state index in [1.54, 1.807) is 11.3 Å². The van der Waals surface area contributed by atoms with Crippen molar-refractivity contribution in [3.05, 3.63) is 23.4 Å². The Morgan fingerprint density at radius 1 is 1.29 bits per heavy atom. The SMILES string of the molecule is CCCCCCSc1sc(-c2cc[nH]n2)c2c1C(=O)CC(C)(C)C2. The molecule has 2 aromatic rings. The number of carbonyl (C=O) groups excluding carboxylic acids is 1. The van der Waals surface area contributed by atoms with Gasteiger partial charge in [-0.25, -0.2) is 0 Å². The molecule has 3 nitrogen and oxygen atoms in total. The monoisotopic (exact) mass is 362 g/mol. The molecule has 0 saturated heterocycles. The molecule has 0 unspecified atom stereocenters. The van der Waals surface area contributed by atoms with Crippen LogP contribution in [0.1, 0.15) is 68.8 Å². The number of rotatable bonds is 7. The second-order valence-corrected chi connectivity index (χ2v) is 9.77. The van der Waals surface area contributed by atoms with Crippen molar-refractivity contribution >= 4 is 28.9 Å². The summed E-state index contributed by atoms with van der Waals surface area (Å²) in [5.74, 6) is 1.42. The van der Waals surface area contributed by atoms with Gasteiger partial charge in [0.1, 0.15) is 5.69 Å².